The molecule has 0 radical (unpaired) electrons. The Hall–Kier alpha value is -1.45. The molecule has 0 fully saturated rings. The second-order valence-corrected chi connectivity index (χ2v) is 6.43. The first-order valence-electron chi connectivity index (χ1n) is 6.82. The maximum absolute atomic E-state index is 13.3. The van der Waals surface area contributed by atoms with Crippen molar-refractivity contribution in [1.82, 2.24) is 4.90 Å². The van der Waals surface area contributed by atoms with Gasteiger partial charge in [0.2, 0.25) is 5.91 Å². The summed E-state index contributed by atoms with van der Waals surface area (Å²) in [5.74, 6) is -1.29. The van der Waals surface area contributed by atoms with E-state index in [1.165, 1.54) is 12.1 Å². The summed E-state index contributed by atoms with van der Waals surface area (Å²) >= 11 is 0. The molecule has 1 atom stereocenters. The van der Waals surface area contributed by atoms with Gasteiger partial charge in [-0.15, -0.1) is 0 Å². The van der Waals surface area contributed by atoms with Gasteiger partial charge in [0.25, 0.3) is 0 Å². The van der Waals surface area contributed by atoms with E-state index in [4.69, 9.17) is 0 Å². The van der Waals surface area contributed by atoms with E-state index < -0.39 is 17.0 Å². The lowest BCUT2D eigenvalue weighted by Crippen LogP contribution is -2.45. The van der Waals surface area contributed by atoms with Crippen molar-refractivity contribution in [3.63, 3.8) is 0 Å². The van der Waals surface area contributed by atoms with Crippen LogP contribution in [-0.2, 0) is 4.79 Å². The molecule has 0 saturated heterocycles. The molecular formula is C16H23F2NO. The van der Waals surface area contributed by atoms with Gasteiger partial charge >= 0.3 is 0 Å². The summed E-state index contributed by atoms with van der Waals surface area (Å²) < 4.78 is 26.7. The number of carbonyl (C=O) groups is 1. The maximum Gasteiger partial charge on any atom is 0.228 e. The first kappa shape index (κ1) is 16.6. The van der Waals surface area contributed by atoms with Gasteiger partial charge in [0.1, 0.15) is 11.6 Å². The molecule has 0 unspecified atom stereocenters. The summed E-state index contributed by atoms with van der Waals surface area (Å²) in [6.45, 7) is 11.1. The second-order valence-electron chi connectivity index (χ2n) is 6.43. The van der Waals surface area contributed by atoms with Gasteiger partial charge in [-0.25, -0.2) is 8.78 Å². The van der Waals surface area contributed by atoms with Crippen LogP contribution in [0.5, 0.6) is 0 Å². The van der Waals surface area contributed by atoms with Gasteiger partial charge in [-0.05, 0) is 38.5 Å². The Labute approximate surface area is 119 Å². The first-order valence-corrected chi connectivity index (χ1v) is 6.82. The zero-order valence-electron chi connectivity index (χ0n) is 13.0. The normalized spacial score (nSPS) is 13.4. The lowest BCUT2D eigenvalue weighted by atomic mass is 9.92. The average Bonchev–Trinajstić information content (AvgIpc) is 2.25. The highest BCUT2D eigenvalue weighted by Crippen LogP contribution is 2.29. The molecule has 0 aliphatic carbocycles. The second kappa shape index (κ2) is 5.90. The van der Waals surface area contributed by atoms with Gasteiger partial charge in [0.05, 0.1) is 6.04 Å². The van der Waals surface area contributed by atoms with Crippen molar-refractivity contribution in [3.05, 3.63) is 35.4 Å². The molecule has 1 aromatic carbocycles. The fourth-order valence-corrected chi connectivity index (χ4v) is 2.22. The number of hydrogen-bond acceptors (Lipinski definition) is 1. The number of amides is 1. The summed E-state index contributed by atoms with van der Waals surface area (Å²) in [6.07, 6.45) is 0. The summed E-state index contributed by atoms with van der Waals surface area (Å²) in [5, 5.41) is 0. The Morgan fingerprint density at radius 1 is 1.05 bits per heavy atom. The van der Waals surface area contributed by atoms with E-state index in [2.05, 4.69) is 0 Å². The molecule has 2 nitrogen and oxygen atoms in total. The van der Waals surface area contributed by atoms with Crippen LogP contribution in [0, 0.1) is 17.0 Å². The third kappa shape index (κ3) is 3.78. The van der Waals surface area contributed by atoms with E-state index in [-0.39, 0.29) is 18.0 Å². The lowest BCUT2D eigenvalue weighted by molar-refractivity contribution is -0.143. The molecule has 0 aliphatic rings. The number of benzene rings is 1. The Kier molecular flexibility index (Phi) is 4.90. The number of halogens is 2. The number of carbonyl (C=O) groups excluding carboxylic acids is 1. The third-order valence-corrected chi connectivity index (χ3v) is 3.22. The SMILES string of the molecule is CC(C)N(C(=O)C(C)(C)C)[C@H](C)c1cc(F)cc(F)c1. The van der Waals surface area contributed by atoms with Gasteiger partial charge in [0.15, 0.2) is 0 Å². The number of nitrogens with zero attached hydrogens (tertiary/aromatic N) is 1. The van der Waals surface area contributed by atoms with E-state index in [9.17, 15) is 13.6 Å². The minimum absolute atomic E-state index is 0.0373. The van der Waals surface area contributed by atoms with Crippen molar-refractivity contribution < 1.29 is 13.6 Å². The smallest absolute Gasteiger partial charge is 0.228 e. The highest BCUT2D eigenvalue weighted by atomic mass is 19.1. The summed E-state index contributed by atoms with van der Waals surface area (Å²) in [4.78, 5) is 14.2. The molecule has 4 heteroatoms. The average molecular weight is 283 g/mol. The molecule has 0 saturated carbocycles. The molecule has 0 aliphatic heterocycles. The van der Waals surface area contributed by atoms with Crippen molar-refractivity contribution in [3.8, 4) is 0 Å². The largest absolute Gasteiger partial charge is 0.333 e. The fraction of sp³-hybridized carbons (Fsp3) is 0.562. The highest BCUT2D eigenvalue weighted by Gasteiger charge is 2.32. The minimum Gasteiger partial charge on any atom is -0.333 e. The third-order valence-electron chi connectivity index (χ3n) is 3.22. The van der Waals surface area contributed by atoms with Crippen molar-refractivity contribution in [2.24, 2.45) is 5.41 Å². The molecule has 0 N–H and O–H groups in total. The van der Waals surface area contributed by atoms with Crippen molar-refractivity contribution in [2.45, 2.75) is 53.6 Å². The van der Waals surface area contributed by atoms with E-state index in [0.717, 1.165) is 6.07 Å². The van der Waals surface area contributed by atoms with Crippen molar-refractivity contribution in [1.29, 1.82) is 0 Å². The molecule has 20 heavy (non-hydrogen) atoms. The first-order chi connectivity index (χ1) is 9.04. The summed E-state index contributed by atoms with van der Waals surface area (Å²) in [6, 6.07) is 2.95. The van der Waals surface area contributed by atoms with Crippen LogP contribution >= 0.6 is 0 Å². The summed E-state index contributed by atoms with van der Waals surface area (Å²) in [7, 11) is 0. The monoisotopic (exact) mass is 283 g/mol. The molecule has 1 aromatic rings. The lowest BCUT2D eigenvalue weighted by Gasteiger charge is -2.37. The van der Waals surface area contributed by atoms with E-state index in [1.54, 1.807) is 11.8 Å². The quantitative estimate of drug-likeness (QED) is 0.809. The van der Waals surface area contributed by atoms with Crippen LogP contribution in [0.2, 0.25) is 0 Å². The van der Waals surface area contributed by atoms with E-state index in [1.807, 2.05) is 34.6 Å². The predicted octanol–water partition coefficient (Wildman–Crippen LogP) is 4.31. The molecular weight excluding hydrogens is 260 g/mol. The van der Waals surface area contributed by atoms with Gasteiger partial charge in [-0.2, -0.15) is 0 Å². The van der Waals surface area contributed by atoms with Crippen LogP contribution in [0.1, 0.15) is 53.1 Å². The van der Waals surface area contributed by atoms with Crippen LogP contribution in [0.15, 0.2) is 18.2 Å². The minimum atomic E-state index is -0.626. The van der Waals surface area contributed by atoms with Crippen LogP contribution in [-0.4, -0.2) is 16.8 Å². The zero-order valence-corrected chi connectivity index (χ0v) is 13.0. The Balaban J connectivity index is 3.18. The number of rotatable bonds is 3. The molecule has 1 amide bonds. The van der Waals surface area contributed by atoms with Crippen molar-refractivity contribution >= 4 is 5.91 Å². The predicted molar refractivity (Wildman–Crippen MR) is 76.2 cm³/mol. The Morgan fingerprint density at radius 3 is 1.85 bits per heavy atom. The van der Waals surface area contributed by atoms with Crippen LogP contribution in [0.4, 0.5) is 8.78 Å². The number of hydrogen-bond donors (Lipinski definition) is 0. The zero-order chi connectivity index (χ0) is 15.7. The van der Waals surface area contributed by atoms with Gasteiger partial charge < -0.3 is 4.90 Å². The molecule has 112 valence electrons. The Morgan fingerprint density at radius 2 is 1.50 bits per heavy atom. The molecule has 0 aromatic heterocycles. The molecule has 0 spiro atoms. The van der Waals surface area contributed by atoms with Gasteiger partial charge in [0, 0.05) is 17.5 Å². The summed E-state index contributed by atoms with van der Waals surface area (Å²) in [5.41, 5.74) is -0.0708. The van der Waals surface area contributed by atoms with E-state index in [0.29, 0.717) is 5.56 Å². The van der Waals surface area contributed by atoms with Crippen LogP contribution < -0.4 is 0 Å². The van der Waals surface area contributed by atoms with E-state index >= 15 is 0 Å². The van der Waals surface area contributed by atoms with Gasteiger partial charge in [-0.1, -0.05) is 20.8 Å². The van der Waals surface area contributed by atoms with Gasteiger partial charge in [-0.3, -0.25) is 4.79 Å². The van der Waals surface area contributed by atoms with Crippen LogP contribution in [0.3, 0.4) is 0 Å². The molecule has 1 rings (SSSR count). The maximum atomic E-state index is 13.3. The Bertz CT molecular complexity index is 471. The standard InChI is InChI=1S/C16H23F2NO/c1-10(2)19(15(20)16(4,5)6)11(3)12-7-13(17)9-14(18)8-12/h7-11H,1-6H3/t11-/m1/s1. The van der Waals surface area contributed by atoms with Crippen LogP contribution in [0.25, 0.3) is 0 Å². The molecule has 0 heterocycles. The van der Waals surface area contributed by atoms with Crippen molar-refractivity contribution in [2.75, 3.05) is 0 Å². The fourth-order valence-electron chi connectivity index (χ4n) is 2.22. The topological polar surface area (TPSA) is 20.3 Å². The highest BCUT2D eigenvalue weighted by molar-refractivity contribution is 5.82. The molecule has 0 bridgehead atoms.